The summed E-state index contributed by atoms with van der Waals surface area (Å²) in [6, 6.07) is 14.0. The molecule has 0 atom stereocenters. The van der Waals surface area contributed by atoms with Gasteiger partial charge in [0, 0.05) is 30.1 Å². The number of halogens is 1. The fraction of sp³-hybridized carbons (Fsp3) is 0.250. The van der Waals surface area contributed by atoms with Gasteiger partial charge in [-0.1, -0.05) is 41.3 Å². The van der Waals surface area contributed by atoms with Crippen molar-refractivity contribution in [2.75, 3.05) is 18.4 Å². The van der Waals surface area contributed by atoms with E-state index in [1.165, 1.54) is 23.5 Å². The Morgan fingerprint density at radius 1 is 1.14 bits per heavy atom. The van der Waals surface area contributed by atoms with Crippen LogP contribution in [-0.4, -0.2) is 34.1 Å². The molecule has 28 heavy (non-hydrogen) atoms. The molecule has 0 radical (unpaired) electrons. The molecule has 144 valence electrons. The predicted molar refractivity (Wildman–Crippen MR) is 111 cm³/mol. The third-order valence-electron chi connectivity index (χ3n) is 4.44. The molecule has 2 aromatic carbocycles. The predicted octanol–water partition coefficient (Wildman–Crippen LogP) is 4.95. The summed E-state index contributed by atoms with van der Waals surface area (Å²) in [5.41, 5.74) is 2.51. The number of benzene rings is 2. The van der Waals surface area contributed by atoms with Gasteiger partial charge in [-0.15, -0.1) is 10.2 Å². The fourth-order valence-corrected chi connectivity index (χ4v) is 4.73. The SMILES string of the molecule is O=C(c1ccc(CSc2nnc(Nc3cccc(F)c3)s2)cc1)N1CCCC1. The van der Waals surface area contributed by atoms with E-state index in [1.807, 2.05) is 29.2 Å². The summed E-state index contributed by atoms with van der Waals surface area (Å²) in [4.78, 5) is 14.3. The van der Waals surface area contributed by atoms with Crippen LogP contribution in [0.3, 0.4) is 0 Å². The number of anilines is 2. The van der Waals surface area contributed by atoms with Gasteiger partial charge in [0.2, 0.25) is 5.13 Å². The minimum Gasteiger partial charge on any atom is -0.339 e. The highest BCUT2D eigenvalue weighted by Gasteiger charge is 2.19. The first kappa shape index (κ1) is 18.9. The zero-order valence-electron chi connectivity index (χ0n) is 15.1. The number of aromatic nitrogens is 2. The highest BCUT2D eigenvalue weighted by Crippen LogP contribution is 2.30. The summed E-state index contributed by atoms with van der Waals surface area (Å²) in [6.45, 7) is 1.72. The van der Waals surface area contributed by atoms with Crippen molar-refractivity contribution < 1.29 is 9.18 Å². The standard InChI is InChI=1S/C20H19FN4OS2/c21-16-4-3-5-17(12-16)22-19-23-24-20(28-19)27-13-14-6-8-15(9-7-14)18(26)25-10-1-2-11-25/h3-9,12H,1-2,10-11,13H2,(H,22,23). The number of carbonyl (C=O) groups excluding carboxylic acids is 1. The summed E-state index contributed by atoms with van der Waals surface area (Å²) in [5.74, 6) is 0.567. The van der Waals surface area contributed by atoms with E-state index in [2.05, 4.69) is 15.5 Å². The Labute approximate surface area is 171 Å². The molecule has 0 unspecified atom stereocenters. The number of carbonyl (C=O) groups is 1. The first-order valence-corrected chi connectivity index (χ1v) is 10.8. The second-order valence-corrected chi connectivity index (χ2v) is 8.69. The van der Waals surface area contributed by atoms with Gasteiger partial charge in [-0.2, -0.15) is 0 Å². The van der Waals surface area contributed by atoms with E-state index in [4.69, 9.17) is 0 Å². The molecule has 2 heterocycles. The Kier molecular flexibility index (Phi) is 5.87. The molecule has 1 fully saturated rings. The highest BCUT2D eigenvalue weighted by atomic mass is 32.2. The maximum atomic E-state index is 13.2. The molecule has 3 aromatic rings. The van der Waals surface area contributed by atoms with Crippen LogP contribution in [0.5, 0.6) is 0 Å². The summed E-state index contributed by atoms with van der Waals surface area (Å²) in [5, 5.41) is 11.9. The van der Waals surface area contributed by atoms with Crippen molar-refractivity contribution in [1.82, 2.24) is 15.1 Å². The van der Waals surface area contributed by atoms with E-state index in [-0.39, 0.29) is 11.7 Å². The van der Waals surface area contributed by atoms with Crippen LogP contribution in [0, 0.1) is 5.82 Å². The Bertz CT molecular complexity index is 955. The van der Waals surface area contributed by atoms with Gasteiger partial charge in [0.25, 0.3) is 5.91 Å². The molecular formula is C20H19FN4OS2. The summed E-state index contributed by atoms with van der Waals surface area (Å²) in [7, 11) is 0. The molecule has 1 N–H and O–H groups in total. The van der Waals surface area contributed by atoms with E-state index >= 15 is 0 Å². The molecule has 1 aliphatic heterocycles. The van der Waals surface area contributed by atoms with Crippen LogP contribution in [0.25, 0.3) is 0 Å². The first-order valence-electron chi connectivity index (χ1n) is 9.04. The molecule has 4 rings (SSSR count). The first-order chi connectivity index (χ1) is 13.7. The van der Waals surface area contributed by atoms with Crippen LogP contribution in [0.15, 0.2) is 52.9 Å². The molecule has 8 heteroatoms. The Balaban J connectivity index is 1.32. The summed E-state index contributed by atoms with van der Waals surface area (Å²) in [6.07, 6.45) is 2.19. The lowest BCUT2D eigenvalue weighted by Crippen LogP contribution is -2.27. The molecule has 0 bridgehead atoms. The van der Waals surface area contributed by atoms with E-state index in [0.29, 0.717) is 10.8 Å². The number of hydrogen-bond donors (Lipinski definition) is 1. The van der Waals surface area contributed by atoms with Crippen molar-refractivity contribution in [3.05, 3.63) is 65.5 Å². The molecule has 1 amide bonds. The Hall–Kier alpha value is -2.45. The lowest BCUT2D eigenvalue weighted by atomic mass is 10.1. The second kappa shape index (κ2) is 8.70. The number of rotatable bonds is 6. The van der Waals surface area contributed by atoms with Gasteiger partial charge in [-0.05, 0) is 48.7 Å². The largest absolute Gasteiger partial charge is 0.339 e. The van der Waals surface area contributed by atoms with Gasteiger partial charge in [-0.25, -0.2) is 4.39 Å². The molecular weight excluding hydrogens is 395 g/mol. The van der Waals surface area contributed by atoms with Crippen molar-refractivity contribution >= 4 is 39.8 Å². The van der Waals surface area contributed by atoms with Crippen LogP contribution in [0.2, 0.25) is 0 Å². The normalized spacial score (nSPS) is 13.7. The van der Waals surface area contributed by atoms with Gasteiger partial charge in [0.15, 0.2) is 4.34 Å². The second-order valence-electron chi connectivity index (χ2n) is 6.49. The molecule has 1 aromatic heterocycles. The molecule has 1 aliphatic rings. The van der Waals surface area contributed by atoms with Gasteiger partial charge >= 0.3 is 0 Å². The van der Waals surface area contributed by atoms with Crippen LogP contribution in [0.4, 0.5) is 15.2 Å². The minimum atomic E-state index is -0.296. The minimum absolute atomic E-state index is 0.119. The van der Waals surface area contributed by atoms with Gasteiger partial charge < -0.3 is 10.2 Å². The van der Waals surface area contributed by atoms with Crippen LogP contribution in [-0.2, 0) is 5.75 Å². The third-order valence-corrected chi connectivity index (χ3v) is 6.48. The van der Waals surface area contributed by atoms with Crippen LogP contribution >= 0.6 is 23.1 Å². The number of amides is 1. The van der Waals surface area contributed by atoms with Gasteiger partial charge in [0.05, 0.1) is 0 Å². The Morgan fingerprint density at radius 2 is 1.93 bits per heavy atom. The zero-order valence-corrected chi connectivity index (χ0v) is 16.7. The average Bonchev–Trinajstić information content (AvgIpc) is 3.39. The van der Waals surface area contributed by atoms with Crippen LogP contribution < -0.4 is 5.32 Å². The number of likely N-dealkylation sites (tertiary alicyclic amines) is 1. The highest BCUT2D eigenvalue weighted by molar-refractivity contribution is 8.00. The van der Waals surface area contributed by atoms with Crippen molar-refractivity contribution in [2.45, 2.75) is 22.9 Å². The van der Waals surface area contributed by atoms with E-state index < -0.39 is 0 Å². The smallest absolute Gasteiger partial charge is 0.253 e. The summed E-state index contributed by atoms with van der Waals surface area (Å²) < 4.78 is 14.1. The number of thioether (sulfide) groups is 1. The number of hydrogen-bond acceptors (Lipinski definition) is 6. The third kappa shape index (κ3) is 4.69. The molecule has 0 spiro atoms. The topological polar surface area (TPSA) is 58.1 Å². The monoisotopic (exact) mass is 414 g/mol. The van der Waals surface area contributed by atoms with Crippen molar-refractivity contribution in [2.24, 2.45) is 0 Å². The zero-order chi connectivity index (χ0) is 19.3. The van der Waals surface area contributed by atoms with Crippen molar-refractivity contribution in [1.29, 1.82) is 0 Å². The fourth-order valence-electron chi connectivity index (χ4n) is 3.00. The molecule has 1 saturated heterocycles. The van der Waals surface area contributed by atoms with E-state index in [9.17, 15) is 9.18 Å². The maximum Gasteiger partial charge on any atom is 0.253 e. The summed E-state index contributed by atoms with van der Waals surface area (Å²) >= 11 is 3.01. The van der Waals surface area contributed by atoms with Crippen molar-refractivity contribution in [3.8, 4) is 0 Å². The van der Waals surface area contributed by atoms with E-state index in [1.54, 1.807) is 23.9 Å². The lowest BCUT2D eigenvalue weighted by Gasteiger charge is -2.15. The number of nitrogens with one attached hydrogen (secondary N) is 1. The van der Waals surface area contributed by atoms with E-state index in [0.717, 1.165) is 47.2 Å². The van der Waals surface area contributed by atoms with Crippen LogP contribution in [0.1, 0.15) is 28.8 Å². The number of nitrogens with zero attached hydrogens (tertiary/aromatic N) is 3. The lowest BCUT2D eigenvalue weighted by molar-refractivity contribution is 0.0793. The molecule has 0 saturated carbocycles. The molecule has 0 aliphatic carbocycles. The quantitative estimate of drug-likeness (QED) is 0.579. The average molecular weight is 415 g/mol. The van der Waals surface area contributed by atoms with Gasteiger partial charge in [-0.3, -0.25) is 4.79 Å². The Morgan fingerprint density at radius 3 is 2.68 bits per heavy atom. The maximum absolute atomic E-state index is 13.2. The molecule has 5 nitrogen and oxygen atoms in total. The van der Waals surface area contributed by atoms with Gasteiger partial charge in [0.1, 0.15) is 5.82 Å². The van der Waals surface area contributed by atoms with Crippen molar-refractivity contribution in [3.63, 3.8) is 0 Å².